The summed E-state index contributed by atoms with van der Waals surface area (Å²) in [6.45, 7) is 2.49. The molecule has 3 heterocycles. The topological polar surface area (TPSA) is 116 Å². The monoisotopic (exact) mass is 527 g/mol. The van der Waals surface area contributed by atoms with Gasteiger partial charge in [0.15, 0.2) is 11.9 Å². The van der Waals surface area contributed by atoms with E-state index in [1.54, 1.807) is 29.9 Å². The maximum absolute atomic E-state index is 13.5. The number of aromatic nitrogens is 3. The third-order valence-electron chi connectivity index (χ3n) is 7.18. The average molecular weight is 528 g/mol. The maximum atomic E-state index is 13.5. The van der Waals surface area contributed by atoms with Gasteiger partial charge in [-0.2, -0.15) is 0 Å². The molecule has 11 heteroatoms. The van der Waals surface area contributed by atoms with Gasteiger partial charge in [0.2, 0.25) is 10.0 Å². The largest absolute Gasteiger partial charge is 0.357 e. The lowest BCUT2D eigenvalue weighted by Gasteiger charge is -2.25. The van der Waals surface area contributed by atoms with Crippen LogP contribution in [0.25, 0.3) is 11.0 Å². The molecule has 1 atom stereocenters. The molecule has 1 aliphatic carbocycles. The Bertz CT molecular complexity index is 1530. The van der Waals surface area contributed by atoms with E-state index in [1.807, 2.05) is 13.0 Å². The number of ketones is 1. The lowest BCUT2D eigenvalue weighted by molar-refractivity contribution is -0.119. The first-order chi connectivity index (χ1) is 17.5. The minimum absolute atomic E-state index is 0.0839. The van der Waals surface area contributed by atoms with Crippen LogP contribution in [0.4, 0.5) is 17.1 Å². The van der Waals surface area contributed by atoms with E-state index in [0.717, 1.165) is 43.9 Å². The van der Waals surface area contributed by atoms with Gasteiger partial charge in [-0.15, -0.1) is 0 Å². The van der Waals surface area contributed by atoms with Crippen molar-refractivity contribution in [1.82, 2.24) is 14.3 Å². The molecule has 10 nitrogen and oxygen atoms in total. The number of ether oxygens (including phenoxy) is 1. The molecule has 198 valence electrons. The number of nitrogens with one attached hydrogen (secondary N) is 1. The molecule has 1 N–H and O–H groups in total. The van der Waals surface area contributed by atoms with Crippen LogP contribution < -0.4 is 15.2 Å². The highest BCUT2D eigenvalue weighted by molar-refractivity contribution is 7.92. The van der Waals surface area contributed by atoms with E-state index in [-0.39, 0.29) is 29.9 Å². The number of rotatable bonds is 8. The molecule has 1 aliphatic heterocycles. The van der Waals surface area contributed by atoms with Crippen LogP contribution in [0.15, 0.2) is 29.1 Å². The highest BCUT2D eigenvalue weighted by Crippen LogP contribution is 2.35. The van der Waals surface area contributed by atoms with Gasteiger partial charge in [0.25, 0.3) is 5.56 Å². The molecule has 1 saturated heterocycles. The number of anilines is 3. The number of Topliss-reactive ketones (excluding diaryl/α,β-unsaturated/α-hetero) is 1. The third-order valence-corrected chi connectivity index (χ3v) is 8.37. The van der Waals surface area contributed by atoms with Crippen LogP contribution in [0.3, 0.4) is 0 Å². The van der Waals surface area contributed by atoms with Gasteiger partial charge in [-0.1, -0.05) is 6.07 Å². The van der Waals surface area contributed by atoms with E-state index in [4.69, 9.17) is 9.72 Å². The molecule has 1 aromatic carbocycles. The molecule has 0 radical (unpaired) electrons. The van der Waals surface area contributed by atoms with Crippen LogP contribution in [-0.4, -0.2) is 48.5 Å². The Balaban J connectivity index is 1.67. The summed E-state index contributed by atoms with van der Waals surface area (Å²) in [6.07, 6.45) is 5.51. The standard InChI is InChI=1S/C26H33N5O5S/c1-16-8-11-19(21(13-16)30(3)37(4,34)35)28-20-14-18(15-22(32)17-9-10-17)27-25-24(20)26(33)29(2)31(25)23-7-5-6-12-36-23/h8,11,13-14,17,23H,5-7,9-10,12,15H2,1-4H3,(H,27,28). The van der Waals surface area contributed by atoms with Crippen molar-refractivity contribution in [3.63, 3.8) is 0 Å². The number of hydrogen-bond acceptors (Lipinski definition) is 7. The summed E-state index contributed by atoms with van der Waals surface area (Å²) in [4.78, 5) is 31.0. The normalized spacial score (nSPS) is 18.2. The van der Waals surface area contributed by atoms with E-state index < -0.39 is 10.0 Å². The van der Waals surface area contributed by atoms with Gasteiger partial charge < -0.3 is 10.1 Å². The molecule has 5 rings (SSSR count). The fourth-order valence-corrected chi connectivity index (χ4v) is 5.37. The molecule has 2 aliphatic rings. The highest BCUT2D eigenvalue weighted by atomic mass is 32.2. The molecule has 0 amide bonds. The summed E-state index contributed by atoms with van der Waals surface area (Å²) >= 11 is 0. The van der Waals surface area contributed by atoms with Crippen LogP contribution in [-0.2, 0) is 33.0 Å². The van der Waals surface area contributed by atoms with Crippen molar-refractivity contribution in [2.45, 2.75) is 51.7 Å². The third kappa shape index (κ3) is 5.02. The van der Waals surface area contributed by atoms with Gasteiger partial charge in [-0.25, -0.2) is 22.8 Å². The van der Waals surface area contributed by atoms with Crippen LogP contribution in [0.5, 0.6) is 0 Å². The van der Waals surface area contributed by atoms with Gasteiger partial charge in [-0.3, -0.25) is 13.9 Å². The first-order valence-electron chi connectivity index (χ1n) is 12.6. The Labute approximate surface area is 216 Å². The van der Waals surface area contributed by atoms with E-state index in [1.165, 1.54) is 16.0 Å². The Morgan fingerprint density at radius 3 is 2.59 bits per heavy atom. The van der Waals surface area contributed by atoms with E-state index in [2.05, 4.69) is 5.32 Å². The number of carbonyl (C=O) groups is 1. The summed E-state index contributed by atoms with van der Waals surface area (Å²) < 4.78 is 35.2. The van der Waals surface area contributed by atoms with Crippen molar-refractivity contribution in [2.75, 3.05) is 29.5 Å². The first-order valence-corrected chi connectivity index (χ1v) is 14.5. The number of fused-ring (bicyclic) bond motifs is 1. The number of hydrogen-bond donors (Lipinski definition) is 1. The fraction of sp³-hybridized carbons (Fsp3) is 0.500. The van der Waals surface area contributed by atoms with Crippen LogP contribution >= 0.6 is 0 Å². The first kappa shape index (κ1) is 25.5. The minimum atomic E-state index is -3.53. The SMILES string of the molecule is Cc1ccc(Nc2cc(CC(=O)C3CC3)nc3c2c(=O)n(C)n3C2CCCCO2)c(N(C)S(C)(=O)=O)c1. The van der Waals surface area contributed by atoms with Gasteiger partial charge in [0.05, 0.1) is 29.0 Å². The number of nitrogens with zero attached hydrogens (tertiary/aromatic N) is 4. The van der Waals surface area contributed by atoms with Gasteiger partial charge in [-0.05, 0) is 62.8 Å². The van der Waals surface area contributed by atoms with Crippen molar-refractivity contribution >= 4 is 43.9 Å². The fourth-order valence-electron chi connectivity index (χ4n) is 4.86. The van der Waals surface area contributed by atoms with Gasteiger partial charge in [0.1, 0.15) is 11.2 Å². The molecule has 1 saturated carbocycles. The molecule has 1 unspecified atom stereocenters. The number of pyridine rings is 1. The Kier molecular flexibility index (Phi) is 6.61. The smallest absolute Gasteiger partial charge is 0.278 e. The predicted octanol–water partition coefficient (Wildman–Crippen LogP) is 3.40. The number of carbonyl (C=O) groups excluding carboxylic acids is 1. The van der Waals surface area contributed by atoms with E-state index >= 15 is 0 Å². The van der Waals surface area contributed by atoms with Crippen molar-refractivity contribution in [3.8, 4) is 0 Å². The number of sulfonamides is 1. The molecular weight excluding hydrogens is 494 g/mol. The average Bonchev–Trinajstić information content (AvgIpc) is 3.67. The second-order valence-corrected chi connectivity index (χ2v) is 12.2. The second-order valence-electron chi connectivity index (χ2n) is 10.1. The van der Waals surface area contributed by atoms with Gasteiger partial charge >= 0.3 is 0 Å². The molecular formula is C26H33N5O5S. The maximum Gasteiger partial charge on any atom is 0.278 e. The summed E-state index contributed by atoms with van der Waals surface area (Å²) in [6, 6.07) is 7.18. The van der Waals surface area contributed by atoms with Crippen molar-refractivity contribution in [2.24, 2.45) is 13.0 Å². The number of aryl methyl sites for hydroxylation is 1. The molecule has 3 aromatic rings. The highest BCUT2D eigenvalue weighted by Gasteiger charge is 2.31. The Morgan fingerprint density at radius 1 is 1.19 bits per heavy atom. The minimum Gasteiger partial charge on any atom is -0.357 e. The lowest BCUT2D eigenvalue weighted by atomic mass is 10.1. The Hall–Kier alpha value is -3.18. The van der Waals surface area contributed by atoms with Crippen LogP contribution in [0, 0.1) is 12.8 Å². The number of benzene rings is 1. The molecule has 37 heavy (non-hydrogen) atoms. The molecule has 2 aromatic heterocycles. The van der Waals surface area contributed by atoms with Crippen molar-refractivity contribution in [3.05, 3.63) is 45.9 Å². The molecule has 0 spiro atoms. The van der Waals surface area contributed by atoms with Gasteiger partial charge in [0, 0.05) is 33.0 Å². The van der Waals surface area contributed by atoms with Crippen molar-refractivity contribution < 1.29 is 17.9 Å². The van der Waals surface area contributed by atoms with Crippen LogP contribution in [0.1, 0.15) is 49.6 Å². The van der Waals surface area contributed by atoms with Crippen LogP contribution in [0.2, 0.25) is 0 Å². The van der Waals surface area contributed by atoms with E-state index in [9.17, 15) is 18.0 Å². The zero-order valence-electron chi connectivity index (χ0n) is 21.7. The molecule has 0 bridgehead atoms. The quantitative estimate of drug-likeness (QED) is 0.477. The predicted molar refractivity (Wildman–Crippen MR) is 143 cm³/mol. The summed E-state index contributed by atoms with van der Waals surface area (Å²) in [7, 11) is -0.349. The van der Waals surface area contributed by atoms with Crippen molar-refractivity contribution in [1.29, 1.82) is 0 Å². The van der Waals surface area contributed by atoms with E-state index in [0.29, 0.717) is 40.4 Å². The summed E-state index contributed by atoms with van der Waals surface area (Å²) in [5.74, 6) is 0.227. The molecule has 2 fully saturated rings. The lowest BCUT2D eigenvalue weighted by Crippen LogP contribution is -2.27. The zero-order valence-corrected chi connectivity index (χ0v) is 22.5. The second kappa shape index (κ2) is 9.60. The Morgan fingerprint density at radius 2 is 1.95 bits per heavy atom. The summed E-state index contributed by atoms with van der Waals surface area (Å²) in [5, 5.41) is 3.68. The zero-order chi connectivity index (χ0) is 26.5. The summed E-state index contributed by atoms with van der Waals surface area (Å²) in [5.41, 5.74) is 3.11.